The van der Waals surface area contributed by atoms with Crippen molar-refractivity contribution in [3.05, 3.63) is 42.2 Å². The van der Waals surface area contributed by atoms with Gasteiger partial charge in [0.25, 0.3) is 0 Å². The number of nitrogens with zero attached hydrogens (tertiary/aromatic N) is 2. The summed E-state index contributed by atoms with van der Waals surface area (Å²) in [5, 5.41) is 3.41. The Labute approximate surface area is 101 Å². The highest BCUT2D eigenvalue weighted by Gasteiger charge is 2.16. The van der Waals surface area contributed by atoms with Gasteiger partial charge in [-0.15, -0.1) is 0 Å². The van der Waals surface area contributed by atoms with Crippen molar-refractivity contribution in [2.45, 2.75) is 12.3 Å². The zero-order chi connectivity index (χ0) is 11.7. The molecular weight excluding hydrogens is 210 g/mol. The summed E-state index contributed by atoms with van der Waals surface area (Å²) >= 11 is 0. The lowest BCUT2D eigenvalue weighted by atomic mass is 9.97. The van der Waals surface area contributed by atoms with Gasteiger partial charge in [-0.2, -0.15) is 0 Å². The molecule has 3 rings (SSSR count). The van der Waals surface area contributed by atoms with E-state index in [0.29, 0.717) is 5.92 Å². The van der Waals surface area contributed by atoms with Crippen LogP contribution in [0.2, 0.25) is 0 Å². The molecule has 0 saturated carbocycles. The van der Waals surface area contributed by atoms with E-state index in [1.807, 2.05) is 24.0 Å². The van der Waals surface area contributed by atoms with E-state index >= 15 is 0 Å². The van der Waals surface area contributed by atoms with Crippen molar-refractivity contribution >= 4 is 0 Å². The molecule has 1 aromatic carbocycles. The average molecular weight is 227 g/mol. The van der Waals surface area contributed by atoms with Crippen LogP contribution >= 0.6 is 0 Å². The second kappa shape index (κ2) is 4.34. The first-order valence-electron chi connectivity index (χ1n) is 6.13. The molecule has 2 aromatic rings. The maximum absolute atomic E-state index is 4.36. The van der Waals surface area contributed by atoms with Gasteiger partial charge < -0.3 is 9.88 Å². The van der Waals surface area contributed by atoms with Gasteiger partial charge in [-0.1, -0.05) is 24.3 Å². The molecule has 1 aliphatic rings. The van der Waals surface area contributed by atoms with Crippen molar-refractivity contribution in [3.8, 4) is 11.4 Å². The Morgan fingerprint density at radius 1 is 1.29 bits per heavy atom. The van der Waals surface area contributed by atoms with Gasteiger partial charge in [0.2, 0.25) is 0 Å². The van der Waals surface area contributed by atoms with Gasteiger partial charge in [0.1, 0.15) is 5.82 Å². The topological polar surface area (TPSA) is 29.9 Å². The third-order valence-electron chi connectivity index (χ3n) is 3.52. The van der Waals surface area contributed by atoms with E-state index in [9.17, 15) is 0 Å². The summed E-state index contributed by atoms with van der Waals surface area (Å²) in [4.78, 5) is 4.36. The monoisotopic (exact) mass is 227 g/mol. The van der Waals surface area contributed by atoms with Gasteiger partial charge in [0.05, 0.1) is 0 Å². The summed E-state index contributed by atoms with van der Waals surface area (Å²) < 4.78 is 2.05. The van der Waals surface area contributed by atoms with Crippen molar-refractivity contribution < 1.29 is 0 Å². The van der Waals surface area contributed by atoms with Gasteiger partial charge in [-0.05, 0) is 24.4 Å². The van der Waals surface area contributed by atoms with Gasteiger partial charge in [0, 0.05) is 31.5 Å². The van der Waals surface area contributed by atoms with E-state index in [1.165, 1.54) is 17.5 Å². The number of aromatic nitrogens is 2. The zero-order valence-corrected chi connectivity index (χ0v) is 10.1. The SMILES string of the molecule is Cn1ccnc1-c1ccc(C2CCNC2)cc1. The minimum Gasteiger partial charge on any atom is -0.334 e. The quantitative estimate of drug-likeness (QED) is 0.852. The molecule has 1 aromatic heterocycles. The minimum absolute atomic E-state index is 0.686. The van der Waals surface area contributed by atoms with Crippen LogP contribution in [0, 0.1) is 0 Å². The Morgan fingerprint density at radius 2 is 2.12 bits per heavy atom. The van der Waals surface area contributed by atoms with Crippen LogP contribution < -0.4 is 5.32 Å². The smallest absolute Gasteiger partial charge is 0.139 e. The molecule has 1 aliphatic heterocycles. The van der Waals surface area contributed by atoms with E-state index in [-0.39, 0.29) is 0 Å². The number of benzene rings is 1. The highest BCUT2D eigenvalue weighted by Crippen LogP contribution is 2.25. The maximum atomic E-state index is 4.36. The Morgan fingerprint density at radius 3 is 2.71 bits per heavy atom. The molecule has 0 bridgehead atoms. The fourth-order valence-corrected chi connectivity index (χ4v) is 2.49. The summed E-state index contributed by atoms with van der Waals surface area (Å²) in [5.74, 6) is 1.71. The molecule has 17 heavy (non-hydrogen) atoms. The molecule has 3 nitrogen and oxygen atoms in total. The third-order valence-corrected chi connectivity index (χ3v) is 3.52. The molecule has 1 N–H and O–H groups in total. The van der Waals surface area contributed by atoms with E-state index in [0.717, 1.165) is 18.9 Å². The number of aryl methyl sites for hydroxylation is 1. The third kappa shape index (κ3) is 1.98. The highest BCUT2D eigenvalue weighted by atomic mass is 15.0. The summed E-state index contributed by atoms with van der Waals surface area (Å²) in [6.07, 6.45) is 5.07. The number of hydrogen-bond donors (Lipinski definition) is 1. The molecule has 0 amide bonds. The molecule has 1 atom stereocenters. The fourth-order valence-electron chi connectivity index (χ4n) is 2.49. The van der Waals surface area contributed by atoms with Crippen LogP contribution in [-0.2, 0) is 7.05 Å². The molecule has 0 aliphatic carbocycles. The number of nitrogens with one attached hydrogen (secondary N) is 1. The van der Waals surface area contributed by atoms with E-state index < -0.39 is 0 Å². The Hall–Kier alpha value is -1.61. The number of hydrogen-bond acceptors (Lipinski definition) is 2. The normalized spacial score (nSPS) is 19.7. The van der Waals surface area contributed by atoms with Crippen molar-refractivity contribution in [1.29, 1.82) is 0 Å². The molecule has 2 heterocycles. The van der Waals surface area contributed by atoms with Crippen LogP contribution in [0.5, 0.6) is 0 Å². The Balaban J connectivity index is 1.87. The molecular formula is C14H17N3. The van der Waals surface area contributed by atoms with Crippen molar-refractivity contribution in [2.75, 3.05) is 13.1 Å². The molecule has 0 spiro atoms. The van der Waals surface area contributed by atoms with Gasteiger partial charge in [-0.25, -0.2) is 4.98 Å². The first-order valence-corrected chi connectivity index (χ1v) is 6.13. The first kappa shape index (κ1) is 10.5. The van der Waals surface area contributed by atoms with Crippen molar-refractivity contribution in [1.82, 2.24) is 14.9 Å². The first-order chi connectivity index (χ1) is 8.34. The van der Waals surface area contributed by atoms with Gasteiger partial charge in [0.15, 0.2) is 0 Å². The molecule has 0 radical (unpaired) electrons. The van der Waals surface area contributed by atoms with Crippen LogP contribution in [-0.4, -0.2) is 22.6 Å². The molecule has 88 valence electrons. The molecule has 3 heteroatoms. The van der Waals surface area contributed by atoms with Gasteiger partial charge >= 0.3 is 0 Å². The minimum atomic E-state index is 0.686. The molecule has 1 saturated heterocycles. The van der Waals surface area contributed by atoms with Crippen LogP contribution in [0.4, 0.5) is 0 Å². The van der Waals surface area contributed by atoms with Crippen molar-refractivity contribution in [2.24, 2.45) is 7.05 Å². The van der Waals surface area contributed by atoms with E-state index in [4.69, 9.17) is 0 Å². The second-order valence-corrected chi connectivity index (χ2v) is 4.67. The van der Waals surface area contributed by atoms with E-state index in [1.54, 1.807) is 0 Å². The predicted molar refractivity (Wildman–Crippen MR) is 68.9 cm³/mol. The second-order valence-electron chi connectivity index (χ2n) is 4.67. The van der Waals surface area contributed by atoms with Gasteiger partial charge in [-0.3, -0.25) is 0 Å². The maximum Gasteiger partial charge on any atom is 0.139 e. The summed E-state index contributed by atoms with van der Waals surface area (Å²) in [6, 6.07) is 8.83. The summed E-state index contributed by atoms with van der Waals surface area (Å²) in [5.41, 5.74) is 2.63. The molecule has 1 fully saturated rings. The average Bonchev–Trinajstić information content (AvgIpc) is 3.00. The van der Waals surface area contributed by atoms with Crippen LogP contribution in [0.25, 0.3) is 11.4 Å². The molecule has 1 unspecified atom stereocenters. The fraction of sp³-hybridized carbons (Fsp3) is 0.357. The lowest BCUT2D eigenvalue weighted by Gasteiger charge is -2.09. The Kier molecular flexibility index (Phi) is 2.69. The zero-order valence-electron chi connectivity index (χ0n) is 10.1. The summed E-state index contributed by atoms with van der Waals surface area (Å²) in [7, 11) is 2.02. The Bertz CT molecular complexity index is 492. The van der Waals surface area contributed by atoms with Crippen molar-refractivity contribution in [3.63, 3.8) is 0 Å². The lowest BCUT2D eigenvalue weighted by molar-refractivity contribution is 0.763. The van der Waals surface area contributed by atoms with Crippen LogP contribution in [0.3, 0.4) is 0 Å². The van der Waals surface area contributed by atoms with Crippen LogP contribution in [0.1, 0.15) is 17.9 Å². The predicted octanol–water partition coefficient (Wildman–Crippen LogP) is 2.16. The number of rotatable bonds is 2. The lowest BCUT2D eigenvalue weighted by Crippen LogP contribution is -2.07. The number of imidazole rings is 1. The largest absolute Gasteiger partial charge is 0.334 e. The van der Waals surface area contributed by atoms with Crippen LogP contribution in [0.15, 0.2) is 36.7 Å². The standard InChI is InChI=1S/C14H17N3/c1-17-9-8-16-14(17)12-4-2-11(3-5-12)13-6-7-15-10-13/h2-5,8-9,13,15H,6-7,10H2,1H3. The highest BCUT2D eigenvalue weighted by molar-refractivity contribution is 5.56. The van der Waals surface area contributed by atoms with E-state index in [2.05, 4.69) is 34.6 Å². The summed E-state index contributed by atoms with van der Waals surface area (Å²) in [6.45, 7) is 2.26.